The number of ether oxygens (including phenoxy) is 2. The van der Waals surface area contributed by atoms with Crippen molar-refractivity contribution in [1.29, 1.82) is 0 Å². The minimum Gasteiger partial charge on any atom is -0.338 e. The summed E-state index contributed by atoms with van der Waals surface area (Å²) in [5, 5.41) is 0. The van der Waals surface area contributed by atoms with Crippen LogP contribution in [0.25, 0.3) is 0 Å². The average Bonchev–Trinajstić information content (AvgIpc) is 2.75. The molecule has 0 aliphatic carbocycles. The maximum atomic E-state index is 13.0. The number of fused-ring (bicyclic) bond motifs is 2. The van der Waals surface area contributed by atoms with E-state index in [0.29, 0.717) is 13.2 Å². The van der Waals surface area contributed by atoms with Crippen molar-refractivity contribution < 1.29 is 14.3 Å². The van der Waals surface area contributed by atoms with Crippen molar-refractivity contribution >= 4 is 27.5 Å². The van der Waals surface area contributed by atoms with Gasteiger partial charge < -0.3 is 14.4 Å². The summed E-state index contributed by atoms with van der Waals surface area (Å²) in [6, 6.07) is 5.89. The number of carbonyl (C=O) groups is 1. The Bertz CT molecular complexity index is 555. The van der Waals surface area contributed by atoms with E-state index in [0.717, 1.165) is 41.5 Å². The van der Waals surface area contributed by atoms with Gasteiger partial charge in [-0.25, -0.2) is 0 Å². The molecular weight excluding hydrogens is 346 g/mol. The summed E-state index contributed by atoms with van der Waals surface area (Å²) in [6.45, 7) is 4.03. The molecule has 22 heavy (non-hydrogen) atoms. The molecule has 120 valence electrons. The molecule has 0 unspecified atom stereocenters. The SMILES string of the molecule is CCCCCCN1C(=O)C2(OCCCO2)c2cc(Br)ccc21. The van der Waals surface area contributed by atoms with E-state index in [1.807, 2.05) is 23.1 Å². The lowest BCUT2D eigenvalue weighted by Gasteiger charge is -2.32. The van der Waals surface area contributed by atoms with Gasteiger partial charge in [-0.2, -0.15) is 0 Å². The van der Waals surface area contributed by atoms with Gasteiger partial charge in [0, 0.05) is 16.6 Å². The largest absolute Gasteiger partial charge is 0.338 e. The second kappa shape index (κ2) is 6.69. The molecule has 0 aromatic heterocycles. The summed E-state index contributed by atoms with van der Waals surface area (Å²) < 4.78 is 12.6. The number of rotatable bonds is 5. The molecule has 4 nitrogen and oxygen atoms in total. The fourth-order valence-corrected chi connectivity index (χ4v) is 3.50. The van der Waals surface area contributed by atoms with Crippen LogP contribution in [-0.4, -0.2) is 25.7 Å². The highest BCUT2D eigenvalue weighted by atomic mass is 79.9. The van der Waals surface area contributed by atoms with E-state index in [-0.39, 0.29) is 5.91 Å². The fraction of sp³-hybridized carbons (Fsp3) is 0.588. The number of nitrogens with zero attached hydrogens (tertiary/aromatic N) is 1. The topological polar surface area (TPSA) is 38.8 Å². The first-order valence-corrected chi connectivity index (χ1v) is 8.88. The van der Waals surface area contributed by atoms with Gasteiger partial charge in [-0.05, 0) is 31.0 Å². The van der Waals surface area contributed by atoms with E-state index in [9.17, 15) is 4.79 Å². The molecule has 1 spiro atoms. The first-order valence-electron chi connectivity index (χ1n) is 8.09. The smallest absolute Gasteiger partial charge is 0.292 e. The van der Waals surface area contributed by atoms with Crippen LogP contribution in [0.5, 0.6) is 0 Å². The zero-order valence-corrected chi connectivity index (χ0v) is 14.5. The van der Waals surface area contributed by atoms with E-state index < -0.39 is 5.79 Å². The number of benzene rings is 1. The average molecular weight is 368 g/mol. The summed E-state index contributed by atoms with van der Waals surface area (Å²) in [5.74, 6) is -1.29. The van der Waals surface area contributed by atoms with E-state index in [2.05, 4.69) is 22.9 Å². The number of carbonyl (C=O) groups excluding carboxylic acids is 1. The number of unbranched alkanes of at least 4 members (excludes halogenated alkanes) is 3. The molecule has 2 heterocycles. The van der Waals surface area contributed by atoms with Crippen molar-refractivity contribution in [3.63, 3.8) is 0 Å². The Morgan fingerprint density at radius 1 is 1.23 bits per heavy atom. The quantitative estimate of drug-likeness (QED) is 0.739. The third-order valence-corrected chi connectivity index (χ3v) is 4.76. The van der Waals surface area contributed by atoms with Crippen molar-refractivity contribution in [3.8, 4) is 0 Å². The number of halogens is 1. The summed E-state index contributed by atoms with van der Waals surface area (Å²) in [6.07, 6.45) is 5.36. The Labute approximate surface area is 139 Å². The Balaban J connectivity index is 1.88. The van der Waals surface area contributed by atoms with Crippen LogP contribution in [0.15, 0.2) is 22.7 Å². The second-order valence-electron chi connectivity index (χ2n) is 5.85. The zero-order chi connectivity index (χ0) is 15.6. The molecule has 2 aliphatic rings. The van der Waals surface area contributed by atoms with Crippen molar-refractivity contribution in [3.05, 3.63) is 28.2 Å². The van der Waals surface area contributed by atoms with Gasteiger partial charge in [0.1, 0.15) is 0 Å². The lowest BCUT2D eigenvalue weighted by Crippen LogP contribution is -2.47. The second-order valence-corrected chi connectivity index (χ2v) is 6.76. The molecular formula is C17H22BrNO3. The molecule has 1 fully saturated rings. The monoisotopic (exact) mass is 367 g/mol. The first-order chi connectivity index (χ1) is 10.7. The van der Waals surface area contributed by atoms with Crippen LogP contribution in [-0.2, 0) is 20.1 Å². The van der Waals surface area contributed by atoms with Crippen LogP contribution in [0.3, 0.4) is 0 Å². The predicted octanol–water partition coefficient (Wildman–Crippen LogP) is 3.97. The highest BCUT2D eigenvalue weighted by Gasteiger charge is 2.54. The number of hydrogen-bond donors (Lipinski definition) is 0. The molecule has 3 rings (SSSR count). The molecule has 0 atom stereocenters. The van der Waals surface area contributed by atoms with Crippen molar-refractivity contribution in [2.45, 2.75) is 44.8 Å². The number of anilines is 1. The van der Waals surface area contributed by atoms with Gasteiger partial charge >= 0.3 is 0 Å². The molecule has 5 heteroatoms. The van der Waals surface area contributed by atoms with Crippen LogP contribution in [0.1, 0.15) is 44.6 Å². The maximum absolute atomic E-state index is 13.0. The summed E-state index contributed by atoms with van der Waals surface area (Å²) in [5.41, 5.74) is 1.76. The lowest BCUT2D eigenvalue weighted by atomic mass is 10.1. The van der Waals surface area contributed by atoms with Crippen LogP contribution < -0.4 is 4.90 Å². The van der Waals surface area contributed by atoms with E-state index in [4.69, 9.17) is 9.47 Å². The molecule has 0 saturated carbocycles. The molecule has 1 saturated heterocycles. The highest BCUT2D eigenvalue weighted by Crippen LogP contribution is 2.46. The maximum Gasteiger partial charge on any atom is 0.292 e. The Kier molecular flexibility index (Phi) is 4.85. The molecule has 0 bridgehead atoms. The predicted molar refractivity (Wildman–Crippen MR) is 88.8 cm³/mol. The number of amides is 1. The molecule has 1 amide bonds. The van der Waals surface area contributed by atoms with Gasteiger partial charge in [-0.3, -0.25) is 4.79 Å². The van der Waals surface area contributed by atoms with Crippen molar-refractivity contribution in [1.82, 2.24) is 0 Å². The van der Waals surface area contributed by atoms with Gasteiger partial charge in [0.15, 0.2) is 0 Å². The van der Waals surface area contributed by atoms with Gasteiger partial charge in [0.2, 0.25) is 0 Å². The highest BCUT2D eigenvalue weighted by molar-refractivity contribution is 9.10. The summed E-state index contributed by atoms with van der Waals surface area (Å²) in [7, 11) is 0. The van der Waals surface area contributed by atoms with E-state index in [1.54, 1.807) is 0 Å². The minimum absolute atomic E-state index is 0.0724. The van der Waals surface area contributed by atoms with Crippen LogP contribution in [0.4, 0.5) is 5.69 Å². The minimum atomic E-state index is -1.22. The molecule has 0 radical (unpaired) electrons. The Hall–Kier alpha value is -0.910. The van der Waals surface area contributed by atoms with Gasteiger partial charge in [-0.15, -0.1) is 0 Å². The molecule has 2 aliphatic heterocycles. The van der Waals surface area contributed by atoms with Gasteiger partial charge in [0.25, 0.3) is 11.7 Å². The molecule has 0 N–H and O–H groups in total. The van der Waals surface area contributed by atoms with E-state index in [1.165, 1.54) is 12.8 Å². The molecule has 1 aromatic rings. The third-order valence-electron chi connectivity index (χ3n) is 4.27. The van der Waals surface area contributed by atoms with Crippen molar-refractivity contribution in [2.75, 3.05) is 24.7 Å². The van der Waals surface area contributed by atoms with Crippen LogP contribution in [0.2, 0.25) is 0 Å². The summed E-state index contributed by atoms with van der Waals surface area (Å²) >= 11 is 3.49. The zero-order valence-electron chi connectivity index (χ0n) is 12.9. The van der Waals surface area contributed by atoms with Crippen LogP contribution >= 0.6 is 15.9 Å². The van der Waals surface area contributed by atoms with Gasteiger partial charge in [0.05, 0.1) is 18.9 Å². The fourth-order valence-electron chi connectivity index (χ4n) is 3.14. The first kappa shape index (κ1) is 16.0. The van der Waals surface area contributed by atoms with Crippen molar-refractivity contribution in [2.24, 2.45) is 0 Å². The van der Waals surface area contributed by atoms with Crippen LogP contribution in [0, 0.1) is 0 Å². The van der Waals surface area contributed by atoms with Gasteiger partial charge in [-0.1, -0.05) is 42.1 Å². The Morgan fingerprint density at radius 2 is 2.00 bits per heavy atom. The standard InChI is InChI=1S/C17H22BrNO3/c1-2-3-4-5-9-19-15-8-7-13(18)12-14(15)17(16(19)20)21-10-6-11-22-17/h7-8,12H,2-6,9-11H2,1H3. The van der Waals surface area contributed by atoms with E-state index >= 15 is 0 Å². The molecule has 1 aromatic carbocycles. The third kappa shape index (κ3) is 2.70. The summed E-state index contributed by atoms with van der Waals surface area (Å²) in [4.78, 5) is 14.8. The Morgan fingerprint density at radius 3 is 2.73 bits per heavy atom. The normalized spacial score (nSPS) is 19.7. The lowest BCUT2D eigenvalue weighted by molar-refractivity contribution is -0.256. The number of hydrogen-bond acceptors (Lipinski definition) is 3.